The van der Waals surface area contributed by atoms with Crippen LogP contribution in [0.3, 0.4) is 0 Å². The van der Waals surface area contributed by atoms with Gasteiger partial charge in [0.2, 0.25) is 5.88 Å². The molecule has 32 heavy (non-hydrogen) atoms. The van der Waals surface area contributed by atoms with Gasteiger partial charge in [-0.1, -0.05) is 12.1 Å². The summed E-state index contributed by atoms with van der Waals surface area (Å²) in [6.07, 6.45) is 1.05. The van der Waals surface area contributed by atoms with Gasteiger partial charge in [0.15, 0.2) is 0 Å². The van der Waals surface area contributed by atoms with Crippen LogP contribution in [0.5, 0.6) is 5.75 Å². The molecule has 0 spiro atoms. The van der Waals surface area contributed by atoms with Crippen LogP contribution in [-0.2, 0) is 31.4 Å². The molecular formula is C19H21N3O8S2. The Labute approximate surface area is 185 Å². The predicted octanol–water partition coefficient (Wildman–Crippen LogP) is 1.64. The van der Waals surface area contributed by atoms with E-state index < -0.39 is 37.8 Å². The molecule has 13 heteroatoms. The molecular weight excluding hydrogens is 462 g/mol. The van der Waals surface area contributed by atoms with Gasteiger partial charge in [0.05, 0.1) is 16.8 Å². The smallest absolute Gasteiger partial charge is 0.330 e. The van der Waals surface area contributed by atoms with Crippen LogP contribution in [0.25, 0.3) is 0 Å². The first-order chi connectivity index (χ1) is 15.0. The highest BCUT2D eigenvalue weighted by Gasteiger charge is 2.31. The quantitative estimate of drug-likeness (QED) is 0.440. The van der Waals surface area contributed by atoms with Gasteiger partial charge in [0.1, 0.15) is 11.4 Å². The molecule has 3 rings (SSSR count). The number of hydrogen-bond donors (Lipinski definition) is 4. The van der Waals surface area contributed by atoms with Crippen molar-refractivity contribution in [3.05, 3.63) is 60.1 Å². The highest BCUT2D eigenvalue weighted by molar-refractivity contribution is 7.92. The van der Waals surface area contributed by atoms with Gasteiger partial charge in [-0.15, -0.1) is 0 Å². The minimum absolute atomic E-state index is 0.0200. The molecule has 0 atom stereocenters. The molecule has 1 aliphatic heterocycles. The molecule has 11 nitrogen and oxygen atoms in total. The van der Waals surface area contributed by atoms with E-state index in [1.54, 1.807) is 6.92 Å². The van der Waals surface area contributed by atoms with Crippen molar-refractivity contribution in [2.75, 3.05) is 15.2 Å². The molecule has 172 valence electrons. The predicted molar refractivity (Wildman–Crippen MR) is 116 cm³/mol. The van der Waals surface area contributed by atoms with Crippen LogP contribution in [0.15, 0.2) is 59.4 Å². The number of rotatable bonds is 8. The van der Waals surface area contributed by atoms with Gasteiger partial charge in [-0.3, -0.25) is 9.10 Å². The average Bonchev–Trinajstić information content (AvgIpc) is 2.99. The number of phenolic OH excluding ortho intramolecular Hbond substituents is 1. The molecule has 0 radical (unpaired) electrons. The van der Waals surface area contributed by atoms with E-state index in [0.29, 0.717) is 9.87 Å². The van der Waals surface area contributed by atoms with Crippen LogP contribution in [0.4, 0.5) is 11.4 Å². The maximum atomic E-state index is 13.1. The summed E-state index contributed by atoms with van der Waals surface area (Å²) in [4.78, 5) is 10.7. The van der Waals surface area contributed by atoms with Crippen LogP contribution in [0.2, 0.25) is 0 Å². The maximum Gasteiger partial charge on any atom is 0.330 e. The molecule has 0 fully saturated rings. The van der Waals surface area contributed by atoms with Gasteiger partial charge in [0, 0.05) is 19.0 Å². The molecule has 0 saturated heterocycles. The molecule has 0 amide bonds. The summed E-state index contributed by atoms with van der Waals surface area (Å²) in [5, 5.41) is 28.6. The van der Waals surface area contributed by atoms with Crippen molar-refractivity contribution >= 4 is 37.6 Å². The standard InChI is InChI=1S/C19H21N3O8S2/c1-2-21(31(27,28)15-7-3-13(4-8-15)5-10-19(25)26)14-6-9-16(17(23)11-14)22-12-18(24)20-32(22,29)30/h3-4,6-9,11-12,20,23-24H,2,5,10H2,1H3,(H,25,26). The zero-order valence-corrected chi connectivity index (χ0v) is 18.5. The number of aliphatic carboxylic acids is 1. The minimum Gasteiger partial charge on any atom is -0.506 e. The fourth-order valence-electron chi connectivity index (χ4n) is 3.14. The van der Waals surface area contributed by atoms with Gasteiger partial charge >= 0.3 is 16.2 Å². The number of carbonyl (C=O) groups is 1. The Kier molecular flexibility index (Phi) is 6.23. The Morgan fingerprint density at radius 3 is 2.28 bits per heavy atom. The lowest BCUT2D eigenvalue weighted by atomic mass is 10.1. The number of nitrogens with one attached hydrogen (secondary N) is 1. The number of carboxylic acid groups (broad SMARTS) is 1. The number of phenols is 1. The van der Waals surface area contributed by atoms with Gasteiger partial charge in [-0.25, -0.2) is 17.4 Å². The first-order valence-corrected chi connectivity index (χ1v) is 12.2. The van der Waals surface area contributed by atoms with Crippen molar-refractivity contribution in [3.8, 4) is 5.75 Å². The van der Waals surface area contributed by atoms with Gasteiger partial charge < -0.3 is 15.3 Å². The van der Waals surface area contributed by atoms with Crippen molar-refractivity contribution in [2.45, 2.75) is 24.7 Å². The van der Waals surface area contributed by atoms with E-state index in [0.717, 1.165) is 16.6 Å². The topological polar surface area (TPSA) is 165 Å². The third-order valence-corrected chi connectivity index (χ3v) is 7.85. The number of aliphatic hydroxyl groups is 1. The molecule has 0 saturated carbocycles. The van der Waals surface area contributed by atoms with Crippen LogP contribution in [0, 0.1) is 0 Å². The number of hydrogen-bond acceptors (Lipinski definition) is 7. The summed E-state index contributed by atoms with van der Waals surface area (Å²) in [5.74, 6) is -2.10. The van der Waals surface area contributed by atoms with E-state index in [4.69, 9.17) is 5.11 Å². The number of nitrogens with zero attached hydrogens (tertiary/aromatic N) is 2. The lowest BCUT2D eigenvalue weighted by molar-refractivity contribution is -0.136. The van der Waals surface area contributed by atoms with Crippen LogP contribution >= 0.6 is 0 Å². The summed E-state index contributed by atoms with van der Waals surface area (Å²) >= 11 is 0. The van der Waals surface area contributed by atoms with Crippen LogP contribution < -0.4 is 13.3 Å². The third kappa shape index (κ3) is 4.57. The number of aliphatic hydroxyl groups excluding tert-OH is 1. The van der Waals surface area contributed by atoms with Crippen molar-refractivity contribution in [2.24, 2.45) is 0 Å². The first kappa shape index (κ1) is 23.2. The van der Waals surface area contributed by atoms with E-state index >= 15 is 0 Å². The molecule has 2 aromatic carbocycles. The fourth-order valence-corrected chi connectivity index (χ4v) is 5.67. The molecule has 0 aliphatic carbocycles. The average molecular weight is 484 g/mol. The van der Waals surface area contributed by atoms with E-state index in [1.807, 2.05) is 4.72 Å². The van der Waals surface area contributed by atoms with Crippen molar-refractivity contribution < 1.29 is 36.9 Å². The summed E-state index contributed by atoms with van der Waals surface area (Å²) in [7, 11) is -8.15. The lowest BCUT2D eigenvalue weighted by Crippen LogP contribution is -2.31. The third-order valence-electron chi connectivity index (χ3n) is 4.64. The fraction of sp³-hybridized carbons (Fsp3) is 0.211. The summed E-state index contributed by atoms with van der Waals surface area (Å²) in [6, 6.07) is 9.47. The van der Waals surface area contributed by atoms with Crippen molar-refractivity contribution in [1.29, 1.82) is 0 Å². The van der Waals surface area contributed by atoms with E-state index in [2.05, 4.69) is 0 Å². The Balaban J connectivity index is 1.91. The Morgan fingerprint density at radius 2 is 1.78 bits per heavy atom. The SMILES string of the molecule is CCN(c1ccc(N2C=C(O)NS2(=O)=O)c(O)c1)S(=O)(=O)c1ccc(CCC(=O)O)cc1. The number of aryl methyl sites for hydroxylation is 1. The Morgan fingerprint density at radius 1 is 1.12 bits per heavy atom. The molecule has 4 N–H and O–H groups in total. The molecule has 0 aromatic heterocycles. The number of anilines is 2. The molecule has 0 bridgehead atoms. The summed E-state index contributed by atoms with van der Waals surface area (Å²) in [6.45, 7) is 1.62. The molecule has 0 unspecified atom stereocenters. The zero-order chi connectivity index (χ0) is 23.7. The number of sulfonamides is 1. The van der Waals surface area contributed by atoms with Gasteiger partial charge in [-0.2, -0.15) is 8.42 Å². The highest BCUT2D eigenvalue weighted by atomic mass is 32.2. The Bertz CT molecular complexity index is 1270. The monoisotopic (exact) mass is 483 g/mol. The second-order valence-electron chi connectivity index (χ2n) is 6.80. The molecule has 1 heterocycles. The number of carboxylic acids is 1. The van der Waals surface area contributed by atoms with Crippen molar-refractivity contribution in [1.82, 2.24) is 4.72 Å². The van der Waals surface area contributed by atoms with E-state index in [-0.39, 0.29) is 35.7 Å². The second kappa shape index (κ2) is 8.59. The van der Waals surface area contributed by atoms with E-state index in [9.17, 15) is 31.8 Å². The highest BCUT2D eigenvalue weighted by Crippen LogP contribution is 2.36. The Hall–Kier alpha value is -3.45. The normalized spacial score (nSPS) is 15.2. The van der Waals surface area contributed by atoms with E-state index in [1.165, 1.54) is 36.4 Å². The van der Waals surface area contributed by atoms with Gasteiger partial charge in [-0.05, 0) is 43.2 Å². The number of benzene rings is 2. The summed E-state index contributed by atoms with van der Waals surface area (Å²) in [5.41, 5.74) is 0.594. The maximum absolute atomic E-state index is 13.1. The van der Waals surface area contributed by atoms with Crippen LogP contribution in [-0.4, -0.2) is 44.7 Å². The van der Waals surface area contributed by atoms with Crippen LogP contribution in [0.1, 0.15) is 18.9 Å². The first-order valence-electron chi connectivity index (χ1n) is 9.35. The number of aromatic hydroxyl groups is 1. The van der Waals surface area contributed by atoms with Gasteiger partial charge in [0.25, 0.3) is 10.0 Å². The molecule has 2 aromatic rings. The zero-order valence-electron chi connectivity index (χ0n) is 16.8. The van der Waals surface area contributed by atoms with Crippen molar-refractivity contribution in [3.63, 3.8) is 0 Å². The molecule has 1 aliphatic rings. The summed E-state index contributed by atoms with van der Waals surface area (Å²) < 4.78 is 53.8. The largest absolute Gasteiger partial charge is 0.506 e. The minimum atomic E-state index is -4.12. The lowest BCUT2D eigenvalue weighted by Gasteiger charge is -2.24. The second-order valence-corrected chi connectivity index (χ2v) is 10.2.